The number of rotatable bonds is 3. The van der Waals surface area contributed by atoms with Gasteiger partial charge in [-0.2, -0.15) is 0 Å². The van der Waals surface area contributed by atoms with E-state index in [1.165, 1.54) is 11.4 Å². The molecular weight excluding hydrogens is 268 g/mol. The Hall–Kier alpha value is -0.660. The third-order valence-corrected chi connectivity index (χ3v) is 6.52. The predicted molar refractivity (Wildman–Crippen MR) is 70.8 cm³/mol. The van der Waals surface area contributed by atoms with Gasteiger partial charge in [0.15, 0.2) is 0 Å². The Balaban J connectivity index is 2.19. The molecule has 2 N–H and O–H groups in total. The van der Waals surface area contributed by atoms with Crippen LogP contribution in [0.15, 0.2) is 0 Å². The van der Waals surface area contributed by atoms with E-state index in [4.69, 9.17) is 10.5 Å². The molecule has 2 fully saturated rings. The first-order chi connectivity index (χ1) is 8.96. The van der Waals surface area contributed by atoms with Gasteiger partial charge in [0.2, 0.25) is 10.0 Å². The van der Waals surface area contributed by atoms with Crippen LogP contribution >= 0.6 is 0 Å². The van der Waals surface area contributed by atoms with E-state index in [0.717, 1.165) is 12.8 Å². The smallest absolute Gasteiger partial charge is 0.310 e. The number of nitrogens with two attached hydrogens (primary N) is 1. The minimum absolute atomic E-state index is 0.0880. The monoisotopic (exact) mass is 290 g/mol. The number of carbonyl (C=O) groups excluding carboxylic acids is 1. The molecule has 0 aromatic rings. The minimum atomic E-state index is -3.45. The first-order valence-corrected chi connectivity index (χ1v) is 8.29. The second kappa shape index (κ2) is 5.76. The number of esters is 1. The summed E-state index contributed by atoms with van der Waals surface area (Å²) in [6.07, 6.45) is 3.54. The van der Waals surface area contributed by atoms with Crippen molar-refractivity contribution in [2.75, 3.05) is 20.2 Å². The van der Waals surface area contributed by atoms with Crippen LogP contribution in [0.3, 0.4) is 0 Å². The number of methoxy groups -OCH3 is 1. The Kier molecular flexibility index (Phi) is 4.47. The molecule has 0 aromatic carbocycles. The fourth-order valence-corrected chi connectivity index (χ4v) is 5.32. The van der Waals surface area contributed by atoms with Gasteiger partial charge in [-0.25, -0.2) is 12.7 Å². The van der Waals surface area contributed by atoms with Crippen LogP contribution in [0, 0.1) is 5.92 Å². The maximum Gasteiger partial charge on any atom is 0.310 e. The number of nitrogens with zero attached hydrogens (tertiary/aromatic N) is 1. The van der Waals surface area contributed by atoms with Gasteiger partial charge in [0, 0.05) is 19.1 Å². The summed E-state index contributed by atoms with van der Waals surface area (Å²) in [6, 6.07) is -0.0880. The highest BCUT2D eigenvalue weighted by atomic mass is 32.2. The first kappa shape index (κ1) is 14.7. The predicted octanol–water partition coefficient (Wildman–Crippen LogP) is 0.0810. The fraction of sp³-hybridized carbons (Fsp3) is 0.917. The molecule has 110 valence electrons. The highest BCUT2D eigenvalue weighted by Crippen LogP contribution is 2.33. The van der Waals surface area contributed by atoms with Gasteiger partial charge in [0.1, 0.15) is 0 Å². The number of ether oxygens (including phenoxy) is 1. The molecular formula is C12H22N2O4S. The third kappa shape index (κ3) is 2.93. The Morgan fingerprint density at radius 3 is 2.53 bits per heavy atom. The summed E-state index contributed by atoms with van der Waals surface area (Å²) in [4.78, 5) is 11.8. The molecule has 1 aliphatic heterocycles. The molecule has 1 saturated heterocycles. The standard InChI is InChI=1S/C12H22N2O4S/c1-18-12(15)10-4-2-3-5-11(10)19(16,17)14-7-6-9(13)8-14/h9-11H,2-8,13H2,1H3/t9-,10?,11?/m0/s1. The number of carbonyl (C=O) groups is 1. The molecule has 1 aliphatic carbocycles. The molecule has 0 spiro atoms. The Morgan fingerprint density at radius 1 is 1.26 bits per heavy atom. The summed E-state index contributed by atoms with van der Waals surface area (Å²) >= 11 is 0. The van der Waals surface area contributed by atoms with E-state index in [0.29, 0.717) is 32.4 Å². The molecule has 0 radical (unpaired) electrons. The fourth-order valence-electron chi connectivity index (χ4n) is 3.05. The average molecular weight is 290 g/mol. The van der Waals surface area contributed by atoms with Gasteiger partial charge in [-0.05, 0) is 19.3 Å². The van der Waals surface area contributed by atoms with E-state index in [1.807, 2.05) is 0 Å². The molecule has 19 heavy (non-hydrogen) atoms. The minimum Gasteiger partial charge on any atom is -0.469 e. The van der Waals surface area contributed by atoms with Crippen molar-refractivity contribution in [2.24, 2.45) is 11.7 Å². The first-order valence-electron chi connectivity index (χ1n) is 6.79. The van der Waals surface area contributed by atoms with Crippen LogP contribution < -0.4 is 5.73 Å². The quantitative estimate of drug-likeness (QED) is 0.744. The summed E-state index contributed by atoms with van der Waals surface area (Å²) in [5.41, 5.74) is 5.77. The third-order valence-electron chi connectivity index (χ3n) is 4.14. The van der Waals surface area contributed by atoms with E-state index < -0.39 is 27.2 Å². The number of sulfonamides is 1. The second-order valence-electron chi connectivity index (χ2n) is 5.40. The normalized spacial score (nSPS) is 33.3. The van der Waals surface area contributed by atoms with Crippen molar-refractivity contribution in [3.05, 3.63) is 0 Å². The second-order valence-corrected chi connectivity index (χ2v) is 7.56. The molecule has 1 heterocycles. The van der Waals surface area contributed by atoms with Crippen LogP contribution in [0.25, 0.3) is 0 Å². The summed E-state index contributed by atoms with van der Waals surface area (Å²) < 4.78 is 31.5. The van der Waals surface area contributed by atoms with Gasteiger partial charge in [-0.15, -0.1) is 0 Å². The van der Waals surface area contributed by atoms with Crippen molar-refractivity contribution in [3.8, 4) is 0 Å². The van der Waals surface area contributed by atoms with E-state index >= 15 is 0 Å². The molecule has 1 saturated carbocycles. The lowest BCUT2D eigenvalue weighted by Gasteiger charge is -2.32. The van der Waals surface area contributed by atoms with Crippen LogP contribution in [0.5, 0.6) is 0 Å². The van der Waals surface area contributed by atoms with E-state index in [9.17, 15) is 13.2 Å². The SMILES string of the molecule is COC(=O)C1CCCCC1S(=O)(=O)N1CC[C@H](N)C1. The van der Waals surface area contributed by atoms with Gasteiger partial charge >= 0.3 is 5.97 Å². The zero-order valence-corrected chi connectivity index (χ0v) is 12.1. The highest BCUT2D eigenvalue weighted by Gasteiger charge is 2.44. The Morgan fingerprint density at radius 2 is 1.95 bits per heavy atom. The zero-order chi connectivity index (χ0) is 14.0. The zero-order valence-electron chi connectivity index (χ0n) is 11.2. The van der Waals surface area contributed by atoms with Crippen molar-refractivity contribution in [1.29, 1.82) is 0 Å². The molecule has 6 nitrogen and oxygen atoms in total. The van der Waals surface area contributed by atoms with Gasteiger partial charge in [0.05, 0.1) is 18.3 Å². The summed E-state index contributed by atoms with van der Waals surface area (Å²) in [7, 11) is -2.13. The molecule has 2 rings (SSSR count). The van der Waals surface area contributed by atoms with Crippen LogP contribution in [0.4, 0.5) is 0 Å². The lowest BCUT2D eigenvalue weighted by Crippen LogP contribution is -2.46. The average Bonchev–Trinajstić information content (AvgIpc) is 2.85. The number of hydrogen-bond donors (Lipinski definition) is 1. The molecule has 2 aliphatic rings. The highest BCUT2D eigenvalue weighted by molar-refractivity contribution is 7.89. The van der Waals surface area contributed by atoms with Gasteiger partial charge in [0.25, 0.3) is 0 Å². The molecule has 7 heteroatoms. The van der Waals surface area contributed by atoms with Crippen molar-refractivity contribution < 1.29 is 17.9 Å². The Bertz CT molecular complexity index is 437. The van der Waals surface area contributed by atoms with Crippen LogP contribution in [0.2, 0.25) is 0 Å². The van der Waals surface area contributed by atoms with Crippen molar-refractivity contribution in [2.45, 2.75) is 43.4 Å². The number of hydrogen-bond acceptors (Lipinski definition) is 5. The van der Waals surface area contributed by atoms with E-state index in [-0.39, 0.29) is 6.04 Å². The van der Waals surface area contributed by atoms with Gasteiger partial charge < -0.3 is 10.5 Å². The van der Waals surface area contributed by atoms with Crippen LogP contribution in [-0.2, 0) is 19.6 Å². The van der Waals surface area contributed by atoms with Crippen molar-refractivity contribution in [3.63, 3.8) is 0 Å². The van der Waals surface area contributed by atoms with Crippen molar-refractivity contribution >= 4 is 16.0 Å². The summed E-state index contributed by atoms with van der Waals surface area (Å²) in [5, 5.41) is -0.640. The molecule has 3 atom stereocenters. The van der Waals surface area contributed by atoms with E-state index in [2.05, 4.69) is 0 Å². The van der Waals surface area contributed by atoms with Crippen LogP contribution in [-0.4, -0.2) is 50.2 Å². The lowest BCUT2D eigenvalue weighted by molar-refractivity contribution is -0.146. The molecule has 2 unspecified atom stereocenters. The van der Waals surface area contributed by atoms with Gasteiger partial charge in [-0.3, -0.25) is 4.79 Å². The van der Waals surface area contributed by atoms with Crippen molar-refractivity contribution in [1.82, 2.24) is 4.31 Å². The molecule has 0 bridgehead atoms. The van der Waals surface area contributed by atoms with Crippen LogP contribution in [0.1, 0.15) is 32.1 Å². The van der Waals surface area contributed by atoms with Gasteiger partial charge in [-0.1, -0.05) is 12.8 Å². The Labute approximate surface area is 114 Å². The molecule has 0 aromatic heterocycles. The molecule has 0 amide bonds. The summed E-state index contributed by atoms with van der Waals surface area (Å²) in [5.74, 6) is -0.933. The lowest BCUT2D eigenvalue weighted by atomic mass is 9.89. The summed E-state index contributed by atoms with van der Waals surface area (Å²) in [6.45, 7) is 0.834. The maximum absolute atomic E-state index is 12.6. The maximum atomic E-state index is 12.6. The van der Waals surface area contributed by atoms with E-state index in [1.54, 1.807) is 0 Å². The largest absolute Gasteiger partial charge is 0.469 e. The topological polar surface area (TPSA) is 89.7 Å².